The first-order valence-electron chi connectivity index (χ1n) is 5.04. The highest BCUT2D eigenvalue weighted by Crippen LogP contribution is 2.20. The van der Waals surface area contributed by atoms with Crippen LogP contribution in [0.3, 0.4) is 0 Å². The van der Waals surface area contributed by atoms with Crippen molar-refractivity contribution >= 4 is 11.3 Å². The van der Waals surface area contributed by atoms with Crippen LogP contribution in [0.2, 0.25) is 0 Å². The molecule has 4 heteroatoms. The average Bonchev–Trinajstić information content (AvgIpc) is 2.77. The van der Waals surface area contributed by atoms with E-state index in [1.807, 2.05) is 11.6 Å². The molecule has 1 aromatic rings. The van der Waals surface area contributed by atoms with Crippen LogP contribution in [0, 0.1) is 0 Å². The third kappa shape index (κ3) is 2.13. The van der Waals surface area contributed by atoms with Gasteiger partial charge in [0.15, 0.2) is 0 Å². The van der Waals surface area contributed by atoms with E-state index in [-0.39, 0.29) is 0 Å². The lowest BCUT2D eigenvalue weighted by Crippen LogP contribution is -2.36. The number of thiazole rings is 1. The summed E-state index contributed by atoms with van der Waals surface area (Å²) in [5.74, 6) is 0. The predicted octanol–water partition coefficient (Wildman–Crippen LogP) is 1.97. The molecule has 0 amide bonds. The Labute approximate surface area is 88.5 Å². The molecular formula is C10H16N2OS. The third-order valence-corrected chi connectivity index (χ3v) is 3.62. The molecule has 1 aliphatic heterocycles. The lowest BCUT2D eigenvalue weighted by Gasteiger charge is -2.20. The standard InChI is InChI=1S/C10H16N2OS/c1-7(10-11-4-6-14-10)12-9-3-5-13-8(9)2/h4,6-9,12H,3,5H2,1-2H3. The Balaban J connectivity index is 1.91. The van der Waals surface area contributed by atoms with Gasteiger partial charge in [-0.25, -0.2) is 4.98 Å². The van der Waals surface area contributed by atoms with Gasteiger partial charge in [-0.2, -0.15) is 0 Å². The molecule has 1 fully saturated rings. The maximum atomic E-state index is 5.50. The van der Waals surface area contributed by atoms with Crippen LogP contribution in [-0.4, -0.2) is 23.7 Å². The molecule has 0 aromatic carbocycles. The van der Waals surface area contributed by atoms with E-state index in [0.29, 0.717) is 18.2 Å². The van der Waals surface area contributed by atoms with Gasteiger partial charge < -0.3 is 10.1 Å². The third-order valence-electron chi connectivity index (χ3n) is 2.66. The van der Waals surface area contributed by atoms with E-state index in [1.54, 1.807) is 11.3 Å². The summed E-state index contributed by atoms with van der Waals surface area (Å²) in [5, 5.41) is 6.73. The van der Waals surface area contributed by atoms with Crippen LogP contribution >= 0.6 is 11.3 Å². The molecule has 2 rings (SSSR count). The second-order valence-corrected chi connectivity index (χ2v) is 4.66. The summed E-state index contributed by atoms with van der Waals surface area (Å²) in [6.45, 7) is 5.16. The molecule has 1 aromatic heterocycles. The molecule has 0 saturated carbocycles. The second-order valence-electron chi connectivity index (χ2n) is 3.73. The number of ether oxygens (including phenoxy) is 1. The average molecular weight is 212 g/mol. The Bertz CT molecular complexity index is 276. The molecule has 1 saturated heterocycles. The molecule has 1 aliphatic rings. The van der Waals surface area contributed by atoms with Crippen molar-refractivity contribution in [2.24, 2.45) is 0 Å². The number of nitrogens with one attached hydrogen (secondary N) is 1. The number of rotatable bonds is 3. The normalized spacial score (nSPS) is 29.3. The minimum atomic E-state index is 0.331. The van der Waals surface area contributed by atoms with Crippen LogP contribution in [0.4, 0.5) is 0 Å². The highest BCUT2D eigenvalue weighted by molar-refractivity contribution is 7.09. The van der Waals surface area contributed by atoms with E-state index >= 15 is 0 Å². The molecule has 3 nitrogen and oxygen atoms in total. The van der Waals surface area contributed by atoms with Gasteiger partial charge in [0.2, 0.25) is 0 Å². The Kier molecular flexibility index (Phi) is 3.15. The maximum absolute atomic E-state index is 5.50. The topological polar surface area (TPSA) is 34.1 Å². The van der Waals surface area contributed by atoms with Crippen molar-refractivity contribution in [3.05, 3.63) is 16.6 Å². The lowest BCUT2D eigenvalue weighted by atomic mass is 10.1. The van der Waals surface area contributed by atoms with Gasteiger partial charge in [-0.1, -0.05) is 0 Å². The van der Waals surface area contributed by atoms with Crippen LogP contribution in [0.1, 0.15) is 31.3 Å². The molecule has 14 heavy (non-hydrogen) atoms. The smallest absolute Gasteiger partial charge is 0.109 e. The van der Waals surface area contributed by atoms with Crippen molar-refractivity contribution in [1.82, 2.24) is 10.3 Å². The van der Waals surface area contributed by atoms with Crippen molar-refractivity contribution in [2.45, 2.75) is 38.5 Å². The largest absolute Gasteiger partial charge is 0.377 e. The first-order valence-corrected chi connectivity index (χ1v) is 5.92. The molecule has 0 bridgehead atoms. The van der Waals surface area contributed by atoms with E-state index in [4.69, 9.17) is 4.74 Å². The van der Waals surface area contributed by atoms with Crippen LogP contribution in [0.15, 0.2) is 11.6 Å². The molecule has 0 radical (unpaired) electrons. The number of hydrogen-bond acceptors (Lipinski definition) is 4. The van der Waals surface area contributed by atoms with Gasteiger partial charge in [-0.05, 0) is 20.3 Å². The quantitative estimate of drug-likeness (QED) is 0.831. The molecule has 0 spiro atoms. The summed E-state index contributed by atoms with van der Waals surface area (Å²) in [4.78, 5) is 4.30. The fraction of sp³-hybridized carbons (Fsp3) is 0.700. The van der Waals surface area contributed by atoms with E-state index < -0.39 is 0 Å². The Morgan fingerprint density at radius 2 is 2.57 bits per heavy atom. The van der Waals surface area contributed by atoms with Gasteiger partial charge in [0.05, 0.1) is 12.1 Å². The molecule has 3 unspecified atom stereocenters. The zero-order chi connectivity index (χ0) is 9.97. The van der Waals surface area contributed by atoms with Gasteiger partial charge in [0.25, 0.3) is 0 Å². The predicted molar refractivity (Wildman–Crippen MR) is 57.5 cm³/mol. The Morgan fingerprint density at radius 3 is 3.14 bits per heavy atom. The van der Waals surface area contributed by atoms with Crippen molar-refractivity contribution in [2.75, 3.05) is 6.61 Å². The molecule has 1 N–H and O–H groups in total. The monoisotopic (exact) mass is 212 g/mol. The molecule has 3 atom stereocenters. The van der Waals surface area contributed by atoms with Crippen molar-refractivity contribution in [3.8, 4) is 0 Å². The van der Waals surface area contributed by atoms with Gasteiger partial charge >= 0.3 is 0 Å². The van der Waals surface area contributed by atoms with Crippen LogP contribution < -0.4 is 5.32 Å². The molecular weight excluding hydrogens is 196 g/mol. The fourth-order valence-electron chi connectivity index (χ4n) is 1.79. The van der Waals surface area contributed by atoms with Gasteiger partial charge in [-0.3, -0.25) is 0 Å². The zero-order valence-electron chi connectivity index (χ0n) is 8.56. The van der Waals surface area contributed by atoms with Crippen LogP contribution in [0.5, 0.6) is 0 Å². The summed E-state index contributed by atoms with van der Waals surface area (Å²) in [7, 11) is 0. The minimum absolute atomic E-state index is 0.331. The summed E-state index contributed by atoms with van der Waals surface area (Å²) in [5.41, 5.74) is 0. The maximum Gasteiger partial charge on any atom is 0.109 e. The summed E-state index contributed by atoms with van der Waals surface area (Å²) in [6.07, 6.45) is 3.29. The first kappa shape index (κ1) is 10.1. The highest BCUT2D eigenvalue weighted by Gasteiger charge is 2.25. The Morgan fingerprint density at radius 1 is 1.71 bits per heavy atom. The lowest BCUT2D eigenvalue weighted by molar-refractivity contribution is 0.111. The Hall–Kier alpha value is -0.450. The number of nitrogens with zero attached hydrogens (tertiary/aromatic N) is 1. The second kappa shape index (κ2) is 4.38. The van der Waals surface area contributed by atoms with Crippen molar-refractivity contribution < 1.29 is 4.74 Å². The SMILES string of the molecule is CC(NC1CCOC1C)c1nccs1. The van der Waals surface area contributed by atoms with E-state index in [0.717, 1.165) is 18.0 Å². The van der Waals surface area contributed by atoms with Crippen molar-refractivity contribution in [3.63, 3.8) is 0 Å². The van der Waals surface area contributed by atoms with Gasteiger partial charge in [0, 0.05) is 24.2 Å². The van der Waals surface area contributed by atoms with Crippen LogP contribution in [0.25, 0.3) is 0 Å². The van der Waals surface area contributed by atoms with Gasteiger partial charge in [-0.15, -0.1) is 11.3 Å². The summed E-state index contributed by atoms with van der Waals surface area (Å²) < 4.78 is 5.50. The first-order chi connectivity index (χ1) is 6.77. The van der Waals surface area contributed by atoms with E-state index in [1.165, 1.54) is 0 Å². The van der Waals surface area contributed by atoms with E-state index in [2.05, 4.69) is 24.1 Å². The van der Waals surface area contributed by atoms with Gasteiger partial charge in [0.1, 0.15) is 5.01 Å². The van der Waals surface area contributed by atoms with Crippen molar-refractivity contribution in [1.29, 1.82) is 0 Å². The summed E-state index contributed by atoms with van der Waals surface area (Å²) in [6, 6.07) is 0.818. The molecule has 0 aliphatic carbocycles. The highest BCUT2D eigenvalue weighted by atomic mass is 32.1. The number of aromatic nitrogens is 1. The summed E-state index contributed by atoms with van der Waals surface area (Å²) >= 11 is 1.70. The fourth-order valence-corrected chi connectivity index (χ4v) is 2.45. The zero-order valence-corrected chi connectivity index (χ0v) is 9.38. The minimum Gasteiger partial charge on any atom is -0.377 e. The van der Waals surface area contributed by atoms with Crippen LogP contribution in [-0.2, 0) is 4.74 Å². The molecule has 2 heterocycles. The van der Waals surface area contributed by atoms with E-state index in [9.17, 15) is 0 Å². The number of hydrogen-bond donors (Lipinski definition) is 1. The molecule has 78 valence electrons.